The van der Waals surface area contributed by atoms with E-state index in [0.717, 1.165) is 12.2 Å². The number of sulfone groups is 1. The number of hydrogen-bond acceptors (Lipinski definition) is 7. The summed E-state index contributed by atoms with van der Waals surface area (Å²) in [5, 5.41) is 8.31. The predicted molar refractivity (Wildman–Crippen MR) is 104 cm³/mol. The van der Waals surface area contributed by atoms with Gasteiger partial charge in [0.2, 0.25) is 5.95 Å². The highest BCUT2D eigenvalue weighted by atomic mass is 32.2. The predicted octanol–water partition coefficient (Wildman–Crippen LogP) is 2.35. The van der Waals surface area contributed by atoms with E-state index in [4.69, 9.17) is 4.98 Å². The van der Waals surface area contributed by atoms with Crippen LogP contribution in [0.4, 0.5) is 17.5 Å². The van der Waals surface area contributed by atoms with Crippen LogP contribution in [0, 0.1) is 6.92 Å². The van der Waals surface area contributed by atoms with Crippen molar-refractivity contribution < 1.29 is 8.42 Å². The molecule has 1 aliphatic heterocycles. The van der Waals surface area contributed by atoms with Crippen molar-refractivity contribution in [1.82, 2.24) is 15.2 Å². The van der Waals surface area contributed by atoms with Gasteiger partial charge in [-0.1, -0.05) is 12.1 Å². The maximum absolute atomic E-state index is 11.8. The average Bonchev–Trinajstić information content (AvgIpc) is 2.96. The summed E-state index contributed by atoms with van der Waals surface area (Å²) in [6, 6.07) is 8.13. The Bertz CT molecular complexity index is 871. The molecule has 0 amide bonds. The molecule has 0 radical (unpaired) electrons. The third-order valence-corrected chi connectivity index (χ3v) is 6.44. The van der Waals surface area contributed by atoms with E-state index in [0.29, 0.717) is 24.7 Å². The molecule has 1 fully saturated rings. The van der Waals surface area contributed by atoms with Crippen LogP contribution in [0.15, 0.2) is 30.5 Å². The van der Waals surface area contributed by atoms with Crippen molar-refractivity contribution in [2.45, 2.75) is 33.2 Å². The topological polar surface area (TPSA) is 79.3 Å². The lowest BCUT2D eigenvalue weighted by molar-refractivity contribution is 0.598. The van der Waals surface area contributed by atoms with Gasteiger partial charge in [0.15, 0.2) is 15.7 Å². The van der Waals surface area contributed by atoms with Crippen LogP contribution < -0.4 is 9.80 Å². The number of rotatable bonds is 6. The zero-order chi connectivity index (χ0) is 18.7. The van der Waals surface area contributed by atoms with Crippen molar-refractivity contribution in [3.63, 3.8) is 0 Å². The lowest BCUT2D eigenvalue weighted by Gasteiger charge is -2.28. The Hall–Kier alpha value is -2.22. The van der Waals surface area contributed by atoms with Gasteiger partial charge in [-0.25, -0.2) is 8.42 Å². The maximum Gasteiger partial charge on any atom is 0.247 e. The highest BCUT2D eigenvalue weighted by molar-refractivity contribution is 7.91. The number of aryl methyl sites for hydroxylation is 1. The minimum Gasteiger partial charge on any atom is -0.336 e. The first-order valence-corrected chi connectivity index (χ1v) is 10.8. The van der Waals surface area contributed by atoms with Crippen LogP contribution in [0.3, 0.4) is 0 Å². The minimum atomic E-state index is -2.97. The van der Waals surface area contributed by atoms with E-state index in [9.17, 15) is 8.42 Å². The van der Waals surface area contributed by atoms with Crippen molar-refractivity contribution in [3.8, 4) is 0 Å². The Labute approximate surface area is 155 Å². The smallest absolute Gasteiger partial charge is 0.247 e. The molecule has 2 aromatic rings. The van der Waals surface area contributed by atoms with Crippen molar-refractivity contribution in [2.75, 3.05) is 34.4 Å². The summed E-state index contributed by atoms with van der Waals surface area (Å²) in [6.45, 7) is 7.48. The number of anilines is 3. The molecule has 8 heteroatoms. The van der Waals surface area contributed by atoms with Crippen LogP contribution in [0.1, 0.15) is 25.8 Å². The van der Waals surface area contributed by atoms with E-state index in [2.05, 4.69) is 41.1 Å². The second-order valence-electron chi connectivity index (χ2n) is 6.54. The second-order valence-corrected chi connectivity index (χ2v) is 8.77. The van der Waals surface area contributed by atoms with Crippen LogP contribution in [-0.4, -0.2) is 54.2 Å². The molecule has 1 atom stereocenters. The molecule has 0 aliphatic carbocycles. The highest BCUT2D eigenvalue weighted by Gasteiger charge is 2.33. The zero-order valence-corrected chi connectivity index (χ0v) is 16.3. The Morgan fingerprint density at radius 2 is 2.04 bits per heavy atom. The molecule has 1 unspecified atom stereocenters. The molecule has 0 N–H and O–H groups in total. The quantitative estimate of drug-likeness (QED) is 0.767. The molecular weight excluding hydrogens is 350 g/mol. The van der Waals surface area contributed by atoms with Crippen LogP contribution in [0.5, 0.6) is 0 Å². The van der Waals surface area contributed by atoms with Crippen molar-refractivity contribution in [1.29, 1.82) is 0 Å². The van der Waals surface area contributed by atoms with Gasteiger partial charge >= 0.3 is 0 Å². The lowest BCUT2D eigenvalue weighted by atomic mass is 10.2. The van der Waals surface area contributed by atoms with E-state index < -0.39 is 9.84 Å². The summed E-state index contributed by atoms with van der Waals surface area (Å²) in [4.78, 5) is 8.72. The fourth-order valence-corrected chi connectivity index (χ4v) is 5.13. The maximum atomic E-state index is 11.8. The minimum absolute atomic E-state index is 0.0869. The standard InChI is InChI=1S/C18H25N5O2S/c1-4-22(15-8-6-7-14(3)11-15)17-12-19-21-18(20-17)23(5-2)16-9-10-26(24,25)13-16/h6-8,11-12,16H,4-5,9-10,13H2,1-3H3. The summed E-state index contributed by atoms with van der Waals surface area (Å²) >= 11 is 0. The van der Waals surface area contributed by atoms with E-state index in [-0.39, 0.29) is 17.5 Å². The molecule has 1 aromatic heterocycles. The second kappa shape index (κ2) is 7.57. The molecule has 140 valence electrons. The monoisotopic (exact) mass is 375 g/mol. The lowest BCUT2D eigenvalue weighted by Crippen LogP contribution is -2.37. The van der Waals surface area contributed by atoms with Crippen LogP contribution >= 0.6 is 0 Å². The van der Waals surface area contributed by atoms with Crippen LogP contribution in [0.2, 0.25) is 0 Å². The molecule has 26 heavy (non-hydrogen) atoms. The zero-order valence-electron chi connectivity index (χ0n) is 15.5. The van der Waals surface area contributed by atoms with Crippen molar-refractivity contribution in [2.24, 2.45) is 0 Å². The molecule has 1 saturated heterocycles. The molecule has 0 saturated carbocycles. The van der Waals surface area contributed by atoms with Crippen molar-refractivity contribution >= 4 is 27.3 Å². The first-order valence-electron chi connectivity index (χ1n) is 8.94. The van der Waals surface area contributed by atoms with Gasteiger partial charge in [-0.3, -0.25) is 0 Å². The van der Waals surface area contributed by atoms with Gasteiger partial charge in [0.1, 0.15) is 0 Å². The van der Waals surface area contributed by atoms with Crippen molar-refractivity contribution in [3.05, 3.63) is 36.0 Å². The van der Waals surface area contributed by atoms with E-state index >= 15 is 0 Å². The SMILES string of the molecule is CCN(c1cccc(C)c1)c1cnnc(N(CC)C2CCS(=O)(=O)C2)n1. The third kappa shape index (κ3) is 3.95. The first-order chi connectivity index (χ1) is 12.4. The van der Waals surface area contributed by atoms with Gasteiger partial charge in [-0.2, -0.15) is 10.1 Å². The van der Waals surface area contributed by atoms with Gasteiger partial charge in [-0.15, -0.1) is 5.10 Å². The summed E-state index contributed by atoms with van der Waals surface area (Å²) in [6.07, 6.45) is 2.26. The summed E-state index contributed by atoms with van der Waals surface area (Å²) in [7, 11) is -2.97. The van der Waals surface area contributed by atoms with E-state index in [1.807, 2.05) is 24.0 Å². The molecule has 1 aliphatic rings. The Morgan fingerprint density at radius 3 is 2.65 bits per heavy atom. The van der Waals surface area contributed by atoms with Gasteiger partial charge in [0.05, 0.1) is 17.7 Å². The van der Waals surface area contributed by atoms with Gasteiger partial charge in [0, 0.05) is 24.8 Å². The molecule has 7 nitrogen and oxygen atoms in total. The molecule has 0 bridgehead atoms. The molecule has 1 aromatic carbocycles. The molecule has 3 rings (SSSR count). The molecular formula is C18H25N5O2S. The average molecular weight is 375 g/mol. The van der Waals surface area contributed by atoms with Crippen LogP contribution in [0.25, 0.3) is 0 Å². The summed E-state index contributed by atoms with van der Waals surface area (Å²) in [5.41, 5.74) is 2.22. The van der Waals surface area contributed by atoms with Crippen LogP contribution in [-0.2, 0) is 9.84 Å². The first kappa shape index (κ1) is 18.6. The number of benzene rings is 1. The number of hydrogen-bond donors (Lipinski definition) is 0. The normalized spacial score (nSPS) is 18.7. The fourth-order valence-electron chi connectivity index (χ4n) is 3.39. The molecule has 2 heterocycles. The Kier molecular flexibility index (Phi) is 5.41. The molecule has 0 spiro atoms. The Morgan fingerprint density at radius 1 is 1.23 bits per heavy atom. The highest BCUT2D eigenvalue weighted by Crippen LogP contribution is 2.26. The van der Waals surface area contributed by atoms with Gasteiger partial charge in [-0.05, 0) is 44.9 Å². The number of aromatic nitrogens is 3. The fraction of sp³-hybridized carbons (Fsp3) is 0.500. The van der Waals surface area contributed by atoms with Gasteiger partial charge in [0.25, 0.3) is 0 Å². The van der Waals surface area contributed by atoms with Gasteiger partial charge < -0.3 is 9.80 Å². The summed E-state index contributed by atoms with van der Waals surface area (Å²) < 4.78 is 23.7. The van der Waals surface area contributed by atoms with E-state index in [1.165, 1.54) is 5.56 Å². The third-order valence-electron chi connectivity index (χ3n) is 4.69. The van der Waals surface area contributed by atoms with E-state index in [1.54, 1.807) is 6.20 Å². The Balaban J connectivity index is 1.91. The largest absolute Gasteiger partial charge is 0.336 e. The summed E-state index contributed by atoms with van der Waals surface area (Å²) in [5.74, 6) is 1.58. The number of nitrogens with zero attached hydrogens (tertiary/aromatic N) is 5.